The van der Waals surface area contributed by atoms with Crippen LogP contribution in [-0.4, -0.2) is 11.3 Å². The molecule has 1 heterocycles. The zero-order valence-corrected chi connectivity index (χ0v) is 7.36. The number of aldehydes is 1. The highest BCUT2D eigenvalue weighted by molar-refractivity contribution is 5.80. The normalized spacial score (nSPS) is 11.9. The highest BCUT2D eigenvalue weighted by Gasteiger charge is 2.37. The topological polar surface area (TPSA) is 30.0 Å². The van der Waals surface area contributed by atoms with Gasteiger partial charge in [0, 0.05) is 11.8 Å². The van der Waals surface area contributed by atoms with Crippen LogP contribution in [0.15, 0.2) is 6.20 Å². The summed E-state index contributed by atoms with van der Waals surface area (Å²) in [6.45, 7) is 0. The van der Waals surface area contributed by atoms with Crippen molar-refractivity contribution in [1.29, 1.82) is 0 Å². The molecule has 0 spiro atoms. The second-order valence-electron chi connectivity index (χ2n) is 2.71. The number of aromatic nitrogens is 1. The van der Waals surface area contributed by atoms with Gasteiger partial charge in [-0.3, -0.25) is 4.79 Å². The Morgan fingerprint density at radius 2 is 1.88 bits per heavy atom. The summed E-state index contributed by atoms with van der Waals surface area (Å²) < 4.78 is 73.9. The van der Waals surface area contributed by atoms with Gasteiger partial charge in [-0.05, 0) is 0 Å². The first-order valence-electron chi connectivity index (χ1n) is 3.78. The van der Waals surface area contributed by atoms with Crippen molar-refractivity contribution in [2.75, 3.05) is 0 Å². The Balaban J connectivity index is 3.56. The van der Waals surface area contributed by atoms with Crippen molar-refractivity contribution in [3.05, 3.63) is 28.8 Å². The Morgan fingerprint density at radius 3 is 2.25 bits per heavy atom. The van der Waals surface area contributed by atoms with Crippen molar-refractivity contribution < 1.29 is 31.1 Å². The SMILES string of the molecule is O=Cc1c(C(F)(F)F)cnc(F)c1C(F)F. The summed E-state index contributed by atoms with van der Waals surface area (Å²) in [5, 5.41) is 0. The maximum atomic E-state index is 12.7. The standard InChI is InChI=1S/C8H3F6NO/c9-6(10)5-3(2-16)4(8(12,13)14)1-15-7(5)11/h1-2,6H. The summed E-state index contributed by atoms with van der Waals surface area (Å²) in [5.41, 5.74) is -4.74. The first-order valence-corrected chi connectivity index (χ1v) is 3.78. The third-order valence-corrected chi connectivity index (χ3v) is 1.75. The average molecular weight is 243 g/mol. The predicted octanol–water partition coefficient (Wildman–Crippen LogP) is 2.99. The van der Waals surface area contributed by atoms with Crippen molar-refractivity contribution in [3.63, 3.8) is 0 Å². The van der Waals surface area contributed by atoms with E-state index >= 15 is 0 Å². The van der Waals surface area contributed by atoms with Gasteiger partial charge in [0.1, 0.15) is 0 Å². The summed E-state index contributed by atoms with van der Waals surface area (Å²) in [5.74, 6) is -1.79. The molecule has 0 bridgehead atoms. The minimum Gasteiger partial charge on any atom is -0.298 e. The highest BCUT2D eigenvalue weighted by atomic mass is 19.4. The van der Waals surface area contributed by atoms with Gasteiger partial charge in [-0.2, -0.15) is 17.6 Å². The van der Waals surface area contributed by atoms with E-state index in [2.05, 4.69) is 4.98 Å². The van der Waals surface area contributed by atoms with Gasteiger partial charge in [0.25, 0.3) is 6.43 Å². The molecule has 1 aromatic rings. The van der Waals surface area contributed by atoms with E-state index in [4.69, 9.17) is 0 Å². The molecule has 0 N–H and O–H groups in total. The number of rotatable bonds is 2. The molecule has 0 fully saturated rings. The minimum atomic E-state index is -5.04. The Labute approximate surface area is 84.9 Å². The second-order valence-corrected chi connectivity index (χ2v) is 2.71. The van der Waals surface area contributed by atoms with E-state index in [0.717, 1.165) is 0 Å². The maximum Gasteiger partial charge on any atom is 0.418 e. The van der Waals surface area contributed by atoms with Crippen LogP contribution in [0.1, 0.15) is 27.9 Å². The number of pyridine rings is 1. The van der Waals surface area contributed by atoms with Gasteiger partial charge in [-0.15, -0.1) is 0 Å². The van der Waals surface area contributed by atoms with Crippen LogP contribution in [0, 0.1) is 5.95 Å². The van der Waals surface area contributed by atoms with E-state index in [1.165, 1.54) is 0 Å². The number of nitrogens with zero attached hydrogens (tertiary/aromatic N) is 1. The first-order chi connectivity index (χ1) is 7.29. The molecule has 8 heteroatoms. The van der Waals surface area contributed by atoms with E-state index < -0.39 is 41.5 Å². The summed E-state index contributed by atoms with van der Waals surface area (Å²) >= 11 is 0. The molecule has 1 rings (SSSR count). The molecule has 0 amide bonds. The van der Waals surface area contributed by atoms with Crippen LogP contribution in [-0.2, 0) is 6.18 Å². The minimum absolute atomic E-state index is 0.00491. The number of halogens is 6. The Kier molecular flexibility index (Phi) is 3.20. The molecule has 0 atom stereocenters. The van der Waals surface area contributed by atoms with Crippen LogP contribution in [0.5, 0.6) is 0 Å². The lowest BCUT2D eigenvalue weighted by molar-refractivity contribution is -0.138. The van der Waals surface area contributed by atoms with Gasteiger partial charge in [-0.1, -0.05) is 0 Å². The lowest BCUT2D eigenvalue weighted by Crippen LogP contribution is -2.14. The van der Waals surface area contributed by atoms with Crippen LogP contribution in [0.3, 0.4) is 0 Å². The van der Waals surface area contributed by atoms with Crippen molar-refractivity contribution >= 4 is 6.29 Å². The van der Waals surface area contributed by atoms with E-state index in [9.17, 15) is 31.1 Å². The molecular formula is C8H3F6NO. The number of alkyl halides is 5. The number of hydrogen-bond donors (Lipinski definition) is 0. The molecule has 0 saturated carbocycles. The lowest BCUT2D eigenvalue weighted by Gasteiger charge is -2.12. The Morgan fingerprint density at radius 1 is 1.31 bits per heavy atom. The third-order valence-electron chi connectivity index (χ3n) is 1.75. The third kappa shape index (κ3) is 2.15. The highest BCUT2D eigenvalue weighted by Crippen LogP contribution is 2.35. The monoisotopic (exact) mass is 243 g/mol. The molecular weight excluding hydrogens is 240 g/mol. The summed E-state index contributed by atoms with van der Waals surface area (Å²) in [6, 6.07) is 0. The fourth-order valence-corrected chi connectivity index (χ4v) is 1.08. The van der Waals surface area contributed by atoms with Gasteiger partial charge in [0.2, 0.25) is 5.95 Å². The molecule has 0 aliphatic heterocycles. The van der Waals surface area contributed by atoms with Gasteiger partial charge < -0.3 is 0 Å². The molecule has 0 radical (unpaired) electrons. The summed E-state index contributed by atoms with van der Waals surface area (Å²) in [6.07, 6.45) is -9.05. The van der Waals surface area contributed by atoms with Gasteiger partial charge in [-0.25, -0.2) is 13.8 Å². The van der Waals surface area contributed by atoms with E-state index in [-0.39, 0.29) is 6.20 Å². The average Bonchev–Trinajstić information content (AvgIpc) is 2.14. The fraction of sp³-hybridized carbons (Fsp3) is 0.250. The predicted molar refractivity (Wildman–Crippen MR) is 39.5 cm³/mol. The molecule has 0 aliphatic carbocycles. The van der Waals surface area contributed by atoms with Crippen molar-refractivity contribution in [3.8, 4) is 0 Å². The number of carbonyl (C=O) groups is 1. The summed E-state index contributed by atoms with van der Waals surface area (Å²) in [7, 11) is 0. The quantitative estimate of drug-likeness (QED) is 0.454. The Bertz CT molecular complexity index is 414. The van der Waals surface area contributed by atoms with Crippen LogP contribution in [0.4, 0.5) is 26.3 Å². The van der Waals surface area contributed by atoms with Crippen molar-refractivity contribution in [1.82, 2.24) is 4.98 Å². The van der Waals surface area contributed by atoms with E-state index in [1.807, 2.05) is 0 Å². The zero-order chi connectivity index (χ0) is 12.5. The molecule has 0 aromatic carbocycles. The summed E-state index contributed by atoms with van der Waals surface area (Å²) in [4.78, 5) is 12.9. The van der Waals surface area contributed by atoms with Gasteiger partial charge in [0.15, 0.2) is 6.29 Å². The van der Waals surface area contributed by atoms with Gasteiger partial charge >= 0.3 is 6.18 Å². The smallest absolute Gasteiger partial charge is 0.298 e. The van der Waals surface area contributed by atoms with Gasteiger partial charge in [0.05, 0.1) is 11.1 Å². The molecule has 2 nitrogen and oxygen atoms in total. The number of hydrogen-bond acceptors (Lipinski definition) is 2. The molecule has 88 valence electrons. The van der Waals surface area contributed by atoms with Crippen molar-refractivity contribution in [2.45, 2.75) is 12.6 Å². The Hall–Kier alpha value is -1.60. The van der Waals surface area contributed by atoms with Crippen LogP contribution >= 0.6 is 0 Å². The van der Waals surface area contributed by atoms with Crippen LogP contribution in [0.25, 0.3) is 0 Å². The molecule has 1 aromatic heterocycles. The molecule has 0 aliphatic rings. The van der Waals surface area contributed by atoms with E-state index in [1.54, 1.807) is 0 Å². The van der Waals surface area contributed by atoms with Crippen LogP contribution < -0.4 is 0 Å². The molecule has 0 saturated heterocycles. The van der Waals surface area contributed by atoms with E-state index in [0.29, 0.717) is 0 Å². The fourth-order valence-electron chi connectivity index (χ4n) is 1.08. The largest absolute Gasteiger partial charge is 0.418 e. The molecule has 0 unspecified atom stereocenters. The first kappa shape index (κ1) is 12.5. The second kappa shape index (κ2) is 4.11. The number of carbonyl (C=O) groups excluding carboxylic acids is 1. The van der Waals surface area contributed by atoms with Crippen molar-refractivity contribution in [2.24, 2.45) is 0 Å². The zero-order valence-electron chi connectivity index (χ0n) is 7.36. The molecule has 16 heavy (non-hydrogen) atoms. The van der Waals surface area contributed by atoms with Crippen LogP contribution in [0.2, 0.25) is 0 Å². The maximum absolute atomic E-state index is 12.7. The lowest BCUT2D eigenvalue weighted by atomic mass is 10.1.